The zero-order chi connectivity index (χ0) is 30.6. The third-order valence-electron chi connectivity index (χ3n) is 14.7. The van der Waals surface area contributed by atoms with E-state index in [1.54, 1.807) is 5.57 Å². The Morgan fingerprint density at radius 1 is 0.956 bits per heavy atom. The molecule has 3 aromatic rings. The van der Waals surface area contributed by atoms with Crippen LogP contribution in [0.5, 0.6) is 0 Å². The zero-order valence-electron chi connectivity index (χ0n) is 28.0. The van der Waals surface area contributed by atoms with Gasteiger partial charge in [0, 0.05) is 18.8 Å². The number of hydrogen-bond donors (Lipinski definition) is 0. The molecule has 4 aliphatic carbocycles. The fourth-order valence-electron chi connectivity index (χ4n) is 12.2. The highest BCUT2D eigenvalue weighted by Crippen LogP contribution is 2.71. The van der Waals surface area contributed by atoms with E-state index >= 15 is 0 Å². The molecule has 4 nitrogen and oxygen atoms in total. The molecule has 3 saturated carbocycles. The molecule has 4 heteroatoms. The van der Waals surface area contributed by atoms with Crippen LogP contribution < -0.4 is 4.57 Å². The third kappa shape index (κ3) is 4.33. The van der Waals surface area contributed by atoms with E-state index in [0.29, 0.717) is 40.7 Å². The van der Waals surface area contributed by atoms with Gasteiger partial charge in [-0.3, -0.25) is 0 Å². The lowest BCUT2D eigenvalue weighted by Gasteiger charge is -2.58. The summed E-state index contributed by atoms with van der Waals surface area (Å²) in [5.74, 6) is 3.96. The van der Waals surface area contributed by atoms with Crippen molar-refractivity contribution in [1.29, 1.82) is 0 Å². The Morgan fingerprint density at radius 2 is 1.82 bits per heavy atom. The molecule has 5 fully saturated rings. The van der Waals surface area contributed by atoms with Gasteiger partial charge in [0.1, 0.15) is 25.0 Å². The molecule has 9 rings (SSSR count). The Kier molecular flexibility index (Phi) is 6.57. The van der Waals surface area contributed by atoms with Gasteiger partial charge in [-0.1, -0.05) is 75.7 Å². The number of allylic oxidation sites excluding steroid dienone is 2. The summed E-state index contributed by atoms with van der Waals surface area (Å²) >= 11 is 0. The minimum Gasteiger partial charge on any atom is -0.349 e. The SMILES string of the molecule is C[C@@H]1CC[C@@]2(OC1)O[C@H]1C[C@H]3[C@@H]4CC=C5C[C@H](n6cc[n+](Cc7ccc8ccccc8c7)c6)CC[C@]5(C)[C@H]4CC[C@]3(C)[C@H]1[C@@H]2C. The molecule has 0 radical (unpaired) electrons. The molecule has 1 spiro atoms. The van der Waals surface area contributed by atoms with Crippen LogP contribution in [-0.2, 0) is 16.0 Å². The lowest BCUT2D eigenvalue weighted by molar-refractivity contribution is -0.688. The fraction of sp³-hybridized carbons (Fsp3) is 0.634. The van der Waals surface area contributed by atoms with E-state index in [2.05, 4.69) is 104 Å². The first-order valence-corrected chi connectivity index (χ1v) is 18.3. The van der Waals surface area contributed by atoms with E-state index in [9.17, 15) is 0 Å². The average molecular weight is 606 g/mol. The van der Waals surface area contributed by atoms with E-state index in [4.69, 9.17) is 9.47 Å². The minimum absolute atomic E-state index is 0.303. The van der Waals surface area contributed by atoms with Crippen molar-refractivity contribution in [3.8, 4) is 0 Å². The molecule has 11 atom stereocenters. The lowest BCUT2D eigenvalue weighted by atomic mass is 9.46. The Labute approximate surface area is 270 Å². The highest BCUT2D eigenvalue weighted by Gasteiger charge is 2.68. The standard InChI is InChI=1S/C41H53N2O2/c1-27-13-18-41(44-25-27)28(2)38-37(45-41)23-36-34-12-11-32-22-33(14-16-39(32,3)35(34)15-17-40(36,38)4)43-20-19-42(26-43)24-29-9-10-30-7-5-6-8-31(30)21-29/h5-11,19-21,26-28,33-38H,12-18,22-25H2,1-4H3/q+1/t27-,28+,33-,34-,35+,36+,37+,38+,39+,40+,41-/m1/s1. The van der Waals surface area contributed by atoms with E-state index in [1.165, 1.54) is 67.7 Å². The van der Waals surface area contributed by atoms with Crippen LogP contribution in [0.15, 0.2) is 72.8 Å². The van der Waals surface area contributed by atoms with Crippen LogP contribution >= 0.6 is 0 Å². The molecule has 45 heavy (non-hydrogen) atoms. The quantitative estimate of drug-likeness (QED) is 0.220. The third-order valence-corrected chi connectivity index (χ3v) is 14.7. The molecule has 2 aromatic carbocycles. The largest absolute Gasteiger partial charge is 0.349 e. The first-order chi connectivity index (χ1) is 21.8. The van der Waals surface area contributed by atoms with Gasteiger partial charge in [0.2, 0.25) is 6.33 Å². The summed E-state index contributed by atoms with van der Waals surface area (Å²) in [5.41, 5.74) is 3.89. The Bertz CT molecular complexity index is 1630. The summed E-state index contributed by atoms with van der Waals surface area (Å²) in [5, 5.41) is 2.64. The van der Waals surface area contributed by atoms with Gasteiger partial charge in [0.05, 0.1) is 12.7 Å². The van der Waals surface area contributed by atoms with Crippen LogP contribution in [0.25, 0.3) is 10.8 Å². The molecule has 238 valence electrons. The van der Waals surface area contributed by atoms with Crippen LogP contribution in [-0.4, -0.2) is 23.1 Å². The van der Waals surface area contributed by atoms with Gasteiger partial charge in [-0.15, -0.1) is 0 Å². The first kappa shape index (κ1) is 28.8. The van der Waals surface area contributed by atoms with E-state index < -0.39 is 0 Å². The number of rotatable bonds is 3. The van der Waals surface area contributed by atoms with Gasteiger partial charge in [-0.25, -0.2) is 9.13 Å². The van der Waals surface area contributed by atoms with Crippen molar-refractivity contribution in [2.24, 2.45) is 46.3 Å². The van der Waals surface area contributed by atoms with Crippen molar-refractivity contribution in [3.05, 3.63) is 78.4 Å². The van der Waals surface area contributed by atoms with Gasteiger partial charge in [0.15, 0.2) is 5.79 Å². The highest BCUT2D eigenvalue weighted by molar-refractivity contribution is 5.82. The van der Waals surface area contributed by atoms with Gasteiger partial charge in [0.25, 0.3) is 0 Å². The Balaban J connectivity index is 0.905. The average Bonchev–Trinajstić information content (AvgIpc) is 3.70. The fourth-order valence-corrected chi connectivity index (χ4v) is 12.2. The molecule has 0 N–H and O–H groups in total. The maximum Gasteiger partial charge on any atom is 0.244 e. The monoisotopic (exact) mass is 605 g/mol. The number of ether oxygens (including phenoxy) is 2. The topological polar surface area (TPSA) is 27.3 Å². The summed E-state index contributed by atoms with van der Waals surface area (Å²) in [4.78, 5) is 0. The van der Waals surface area contributed by atoms with Crippen molar-refractivity contribution in [2.75, 3.05) is 6.61 Å². The van der Waals surface area contributed by atoms with Crippen LogP contribution in [0.2, 0.25) is 0 Å². The van der Waals surface area contributed by atoms with Gasteiger partial charge < -0.3 is 9.47 Å². The summed E-state index contributed by atoms with van der Waals surface area (Å²) in [6.07, 6.45) is 21.6. The van der Waals surface area contributed by atoms with Crippen LogP contribution in [0.4, 0.5) is 0 Å². The maximum absolute atomic E-state index is 7.02. The van der Waals surface area contributed by atoms with Crippen molar-refractivity contribution in [1.82, 2.24) is 4.57 Å². The number of nitrogens with zero attached hydrogens (tertiary/aromatic N) is 2. The molecular weight excluding hydrogens is 552 g/mol. The predicted molar refractivity (Wildman–Crippen MR) is 178 cm³/mol. The smallest absolute Gasteiger partial charge is 0.244 e. The van der Waals surface area contributed by atoms with Gasteiger partial charge in [-0.2, -0.15) is 0 Å². The van der Waals surface area contributed by atoms with E-state index in [-0.39, 0.29) is 5.79 Å². The van der Waals surface area contributed by atoms with E-state index in [0.717, 1.165) is 37.3 Å². The zero-order valence-corrected chi connectivity index (χ0v) is 28.0. The van der Waals surface area contributed by atoms with Crippen molar-refractivity contribution in [2.45, 2.75) is 110 Å². The van der Waals surface area contributed by atoms with Crippen molar-refractivity contribution in [3.63, 3.8) is 0 Å². The molecule has 1 aromatic heterocycles. The molecule has 3 heterocycles. The minimum atomic E-state index is -0.303. The molecule has 6 aliphatic rings. The van der Waals surface area contributed by atoms with Gasteiger partial charge in [-0.05, 0) is 108 Å². The highest BCUT2D eigenvalue weighted by atomic mass is 16.7. The van der Waals surface area contributed by atoms with Crippen molar-refractivity contribution < 1.29 is 14.0 Å². The molecule has 2 saturated heterocycles. The lowest BCUT2D eigenvalue weighted by Crippen LogP contribution is -2.52. The van der Waals surface area contributed by atoms with Crippen LogP contribution in [0.1, 0.15) is 97.1 Å². The molecular formula is C41H53N2O2+. The second-order valence-electron chi connectivity index (χ2n) is 16.9. The second-order valence-corrected chi connectivity index (χ2v) is 16.9. The molecule has 2 aliphatic heterocycles. The number of benzene rings is 2. The number of fused-ring (bicyclic) bond motifs is 8. The Hall–Kier alpha value is -2.43. The summed E-state index contributed by atoms with van der Waals surface area (Å²) in [6.45, 7) is 11.9. The number of imidazole rings is 1. The van der Waals surface area contributed by atoms with Crippen molar-refractivity contribution >= 4 is 10.8 Å². The number of hydrogen-bond acceptors (Lipinski definition) is 2. The van der Waals surface area contributed by atoms with Gasteiger partial charge >= 0.3 is 0 Å². The van der Waals surface area contributed by atoms with Crippen LogP contribution in [0.3, 0.4) is 0 Å². The molecule has 0 amide bonds. The van der Waals surface area contributed by atoms with E-state index in [1.807, 2.05) is 0 Å². The molecule has 0 bridgehead atoms. The predicted octanol–water partition coefficient (Wildman–Crippen LogP) is 8.88. The number of aromatic nitrogens is 2. The maximum atomic E-state index is 7.02. The molecule has 0 unspecified atom stereocenters. The summed E-state index contributed by atoms with van der Waals surface area (Å²) < 4.78 is 18.5. The normalized spacial score (nSPS) is 43.9. The Morgan fingerprint density at radius 3 is 2.67 bits per heavy atom. The summed E-state index contributed by atoms with van der Waals surface area (Å²) in [7, 11) is 0. The van der Waals surface area contributed by atoms with Crippen LogP contribution in [0, 0.1) is 46.3 Å². The summed E-state index contributed by atoms with van der Waals surface area (Å²) in [6, 6.07) is 16.1. The second kappa shape index (κ2) is 10.3. The first-order valence-electron chi connectivity index (χ1n) is 18.3.